The summed E-state index contributed by atoms with van der Waals surface area (Å²) in [5, 5.41) is 2.23. The molecule has 1 radical (unpaired) electrons. The SMILES string of the molecule is C1=C(c2[c-]cc3oc4ccccc4c3c2)c2ccccc2[N+]=1c1ccccc1.[Ir].[c-]1ccccc1-c1ccccn1. The van der Waals surface area contributed by atoms with E-state index in [4.69, 9.17) is 4.42 Å². The Bertz CT molecular complexity index is 1990. The van der Waals surface area contributed by atoms with Crippen LogP contribution in [-0.2, 0) is 20.1 Å². The summed E-state index contributed by atoms with van der Waals surface area (Å²) < 4.78 is 8.08. The van der Waals surface area contributed by atoms with Crippen LogP contribution in [0.25, 0.3) is 38.8 Å². The second-order valence-corrected chi connectivity index (χ2v) is 9.39. The molecule has 0 amide bonds. The van der Waals surface area contributed by atoms with Crippen LogP contribution in [0.15, 0.2) is 144 Å². The van der Waals surface area contributed by atoms with E-state index < -0.39 is 0 Å². The van der Waals surface area contributed by atoms with Crippen molar-refractivity contribution in [1.29, 1.82) is 0 Å². The summed E-state index contributed by atoms with van der Waals surface area (Å²) in [6.07, 6.45) is 1.79. The number of nitrogens with zero attached hydrogens (tertiary/aromatic N) is 2. The molecule has 0 aliphatic carbocycles. The Hall–Kier alpha value is -4.85. The van der Waals surface area contributed by atoms with Gasteiger partial charge in [0, 0.05) is 61.0 Å². The Morgan fingerprint density at radius 2 is 1.44 bits per heavy atom. The molecule has 1 aliphatic heterocycles. The zero-order valence-electron chi connectivity index (χ0n) is 21.9. The first-order chi connectivity index (χ1) is 19.8. The van der Waals surface area contributed by atoms with E-state index in [2.05, 4.69) is 76.1 Å². The maximum atomic E-state index is 5.96. The average molecular weight is 704 g/mol. The molecular weight excluding hydrogens is 681 g/mol. The van der Waals surface area contributed by atoms with Crippen LogP contribution in [0.4, 0.5) is 11.4 Å². The van der Waals surface area contributed by atoms with Gasteiger partial charge in [-0.3, -0.25) is 0 Å². The number of hydrogen-bond donors (Lipinski definition) is 0. The third kappa shape index (κ3) is 5.20. The summed E-state index contributed by atoms with van der Waals surface area (Å²) in [5.41, 5.74) is 9.23. The molecule has 41 heavy (non-hydrogen) atoms. The molecule has 7 aromatic rings. The normalized spacial score (nSPS) is 11.6. The molecule has 3 heterocycles. The van der Waals surface area contributed by atoms with Crippen LogP contribution in [0, 0.1) is 12.1 Å². The van der Waals surface area contributed by atoms with Crippen LogP contribution in [0.1, 0.15) is 11.1 Å². The second-order valence-electron chi connectivity index (χ2n) is 9.39. The van der Waals surface area contributed by atoms with Crippen molar-refractivity contribution in [2.24, 2.45) is 0 Å². The van der Waals surface area contributed by atoms with Crippen molar-refractivity contribution >= 4 is 44.8 Å². The van der Waals surface area contributed by atoms with E-state index in [0.29, 0.717) is 0 Å². The molecule has 3 nitrogen and oxygen atoms in total. The molecule has 8 rings (SSSR count). The molecule has 197 valence electrons. The maximum Gasteiger partial charge on any atom is 0.220 e. The van der Waals surface area contributed by atoms with Crippen LogP contribution >= 0.6 is 0 Å². The van der Waals surface area contributed by atoms with E-state index in [9.17, 15) is 0 Å². The Balaban J connectivity index is 0.000000196. The van der Waals surface area contributed by atoms with Crippen LogP contribution in [0.3, 0.4) is 0 Å². The van der Waals surface area contributed by atoms with Gasteiger partial charge in [-0.05, 0) is 17.8 Å². The second kappa shape index (κ2) is 11.7. The Morgan fingerprint density at radius 3 is 2.27 bits per heavy atom. The predicted octanol–water partition coefficient (Wildman–Crippen LogP) is 8.88. The number of fused-ring (bicyclic) bond motifs is 4. The minimum absolute atomic E-state index is 0. The monoisotopic (exact) mass is 704 g/mol. The van der Waals surface area contributed by atoms with E-state index in [1.807, 2.05) is 84.9 Å². The van der Waals surface area contributed by atoms with Gasteiger partial charge in [0.15, 0.2) is 0 Å². The minimum Gasteiger partial charge on any atom is -0.500 e. The minimum atomic E-state index is 0. The van der Waals surface area contributed by atoms with Gasteiger partial charge in [0.2, 0.25) is 11.4 Å². The summed E-state index contributed by atoms with van der Waals surface area (Å²) in [4.78, 5) is 4.22. The number of aromatic nitrogens is 1. The van der Waals surface area contributed by atoms with Crippen molar-refractivity contribution in [2.75, 3.05) is 0 Å². The van der Waals surface area contributed by atoms with Gasteiger partial charge in [0.05, 0.1) is 5.58 Å². The van der Waals surface area contributed by atoms with Gasteiger partial charge >= 0.3 is 0 Å². The molecule has 0 unspecified atom stereocenters. The molecule has 0 bridgehead atoms. The number of benzene rings is 5. The molecule has 0 spiro atoms. The summed E-state index contributed by atoms with van der Waals surface area (Å²) in [5.74, 6) is 3.58. The number of furan rings is 1. The smallest absolute Gasteiger partial charge is 0.220 e. The maximum absolute atomic E-state index is 5.96. The van der Waals surface area contributed by atoms with Crippen molar-refractivity contribution in [3.8, 4) is 11.3 Å². The topological polar surface area (TPSA) is 29.0 Å². The molecule has 0 fully saturated rings. The fraction of sp³-hybridized carbons (Fsp3) is 0. The van der Waals surface area contributed by atoms with Crippen LogP contribution in [-0.4, -0.2) is 10.9 Å². The molecule has 4 heteroatoms. The number of para-hydroxylation sites is 3. The molecule has 0 N–H and O–H groups in total. The molecular formula is C37H23IrN2O-. The largest absolute Gasteiger partial charge is 0.500 e. The van der Waals surface area contributed by atoms with E-state index in [0.717, 1.165) is 61.3 Å². The summed E-state index contributed by atoms with van der Waals surface area (Å²) in [7, 11) is 0. The molecule has 0 atom stereocenters. The number of rotatable bonds is 3. The van der Waals surface area contributed by atoms with Gasteiger partial charge in [0.25, 0.3) is 0 Å². The van der Waals surface area contributed by atoms with Gasteiger partial charge in [-0.15, -0.1) is 64.2 Å². The van der Waals surface area contributed by atoms with E-state index in [1.165, 1.54) is 0 Å². The summed E-state index contributed by atoms with van der Waals surface area (Å²) >= 11 is 0. The first-order valence-electron chi connectivity index (χ1n) is 13.1. The van der Waals surface area contributed by atoms with Gasteiger partial charge in [-0.1, -0.05) is 72.1 Å². The predicted molar refractivity (Wildman–Crippen MR) is 163 cm³/mol. The number of hydrogen-bond acceptors (Lipinski definition) is 2. The average Bonchev–Trinajstić information content (AvgIpc) is 3.61. The third-order valence-corrected chi connectivity index (χ3v) is 6.88. The van der Waals surface area contributed by atoms with E-state index in [1.54, 1.807) is 6.20 Å². The van der Waals surface area contributed by atoms with Crippen molar-refractivity contribution in [3.05, 3.63) is 163 Å². The molecule has 0 saturated heterocycles. The van der Waals surface area contributed by atoms with E-state index in [-0.39, 0.29) is 20.1 Å². The summed E-state index contributed by atoms with van der Waals surface area (Å²) in [6.45, 7) is 0. The van der Waals surface area contributed by atoms with Crippen LogP contribution in [0.2, 0.25) is 0 Å². The Morgan fingerprint density at radius 1 is 0.659 bits per heavy atom. The quantitative estimate of drug-likeness (QED) is 0.136. The van der Waals surface area contributed by atoms with Gasteiger partial charge in [0.1, 0.15) is 11.5 Å². The Kier molecular flexibility index (Phi) is 7.54. The van der Waals surface area contributed by atoms with Crippen molar-refractivity contribution in [2.45, 2.75) is 0 Å². The van der Waals surface area contributed by atoms with Crippen LogP contribution < -0.4 is 4.58 Å². The molecule has 0 saturated carbocycles. The van der Waals surface area contributed by atoms with E-state index >= 15 is 0 Å². The standard InChI is InChI=1S/C26H15NO.C11H8N.Ir/c1-2-8-19(9-3-1)27-17-23(20-10-4-6-12-24(20)27)18-14-15-26-22(16-18)21-11-5-7-13-25(21)28-26;1-2-6-10(7-3-1)11-8-4-5-9-12-11;/h1-13,15-16H;1-6,8-9H;/q;-1;. The van der Waals surface area contributed by atoms with Gasteiger partial charge < -0.3 is 9.40 Å². The zero-order valence-corrected chi connectivity index (χ0v) is 24.3. The van der Waals surface area contributed by atoms with Gasteiger partial charge in [-0.25, -0.2) is 0 Å². The summed E-state index contributed by atoms with van der Waals surface area (Å²) in [6, 6.07) is 51.2. The first kappa shape index (κ1) is 26.4. The molecule has 5 aromatic carbocycles. The first-order valence-corrected chi connectivity index (χ1v) is 13.1. The van der Waals surface area contributed by atoms with Crippen LogP contribution in [0.5, 0.6) is 0 Å². The molecule has 1 aliphatic rings. The van der Waals surface area contributed by atoms with Crippen molar-refractivity contribution < 1.29 is 24.5 Å². The van der Waals surface area contributed by atoms with Crippen molar-refractivity contribution in [1.82, 2.24) is 9.56 Å². The molecule has 2 aromatic heterocycles. The Labute approximate surface area is 252 Å². The fourth-order valence-electron chi connectivity index (χ4n) is 4.99. The zero-order chi connectivity index (χ0) is 26.7. The van der Waals surface area contributed by atoms with Crippen molar-refractivity contribution in [3.63, 3.8) is 0 Å². The fourth-order valence-corrected chi connectivity index (χ4v) is 4.99. The van der Waals surface area contributed by atoms with Gasteiger partial charge in [-0.2, -0.15) is 0 Å². The number of pyridine rings is 1. The third-order valence-electron chi connectivity index (χ3n) is 6.88.